The zero-order chi connectivity index (χ0) is 18.1. The Morgan fingerprint density at radius 1 is 0.778 bits per heavy atom. The van der Waals surface area contributed by atoms with Crippen LogP contribution < -0.4 is 9.80 Å². The highest BCUT2D eigenvalue weighted by Gasteiger charge is 2.22. The van der Waals surface area contributed by atoms with Gasteiger partial charge >= 0.3 is 0 Å². The van der Waals surface area contributed by atoms with E-state index in [0.717, 1.165) is 48.8 Å². The first-order chi connectivity index (χ1) is 13.4. The molecule has 0 saturated carbocycles. The minimum atomic E-state index is 0.613. The lowest BCUT2D eigenvalue weighted by Crippen LogP contribution is -2.47. The van der Waals surface area contributed by atoms with Crippen molar-refractivity contribution >= 4 is 22.7 Å². The number of anilines is 2. The van der Waals surface area contributed by atoms with Crippen LogP contribution in [0, 0.1) is 0 Å². The predicted molar refractivity (Wildman–Crippen MR) is 104 cm³/mol. The zero-order valence-corrected chi connectivity index (χ0v) is 14.7. The molecule has 1 aliphatic rings. The van der Waals surface area contributed by atoms with Gasteiger partial charge in [-0.25, -0.2) is 19.9 Å². The largest absolute Gasteiger partial charge is 0.461 e. The fourth-order valence-electron chi connectivity index (χ4n) is 3.39. The lowest BCUT2D eigenvalue weighted by atomic mass is 10.2. The maximum Gasteiger partial charge on any atom is 0.225 e. The number of furan rings is 1. The third-order valence-corrected chi connectivity index (χ3v) is 4.74. The second-order valence-electron chi connectivity index (χ2n) is 6.39. The Labute approximate surface area is 156 Å². The number of rotatable bonds is 3. The maximum absolute atomic E-state index is 5.52. The Balaban J connectivity index is 1.48. The number of fused-ring (bicyclic) bond motifs is 1. The van der Waals surface area contributed by atoms with E-state index in [2.05, 4.69) is 30.8 Å². The molecule has 1 aromatic carbocycles. The van der Waals surface area contributed by atoms with Gasteiger partial charge in [0.05, 0.1) is 11.8 Å². The molecule has 1 fully saturated rings. The number of piperazine rings is 1. The molecule has 4 heterocycles. The van der Waals surface area contributed by atoms with Crippen LogP contribution in [0.2, 0.25) is 0 Å². The first-order valence-electron chi connectivity index (χ1n) is 8.96. The molecular formula is C20H18N6O. The van der Waals surface area contributed by atoms with Gasteiger partial charge in [0.1, 0.15) is 5.82 Å². The van der Waals surface area contributed by atoms with Crippen LogP contribution in [-0.2, 0) is 0 Å². The average molecular weight is 358 g/mol. The molecule has 1 aliphatic heterocycles. The molecule has 5 rings (SSSR count). The molecule has 0 bridgehead atoms. The van der Waals surface area contributed by atoms with E-state index in [9.17, 15) is 0 Å². The van der Waals surface area contributed by atoms with Gasteiger partial charge in [-0.15, -0.1) is 0 Å². The lowest BCUT2D eigenvalue weighted by Gasteiger charge is -2.35. The molecular weight excluding hydrogens is 340 g/mol. The van der Waals surface area contributed by atoms with Crippen molar-refractivity contribution in [1.29, 1.82) is 0 Å². The molecule has 0 aliphatic carbocycles. The summed E-state index contributed by atoms with van der Waals surface area (Å²) in [5, 5.41) is 1.05. The molecule has 4 aromatic rings. The maximum atomic E-state index is 5.52. The predicted octanol–water partition coefficient (Wildman–Crippen LogP) is 3.01. The Morgan fingerprint density at radius 3 is 2.33 bits per heavy atom. The Kier molecular flexibility index (Phi) is 3.90. The van der Waals surface area contributed by atoms with Gasteiger partial charge in [-0.1, -0.05) is 12.1 Å². The number of hydrogen-bond donors (Lipinski definition) is 0. The van der Waals surface area contributed by atoms with Gasteiger partial charge in [0.15, 0.2) is 11.6 Å². The Hall–Kier alpha value is -3.48. The summed E-state index contributed by atoms with van der Waals surface area (Å²) in [6.07, 6.45) is 5.21. The molecule has 0 unspecified atom stereocenters. The van der Waals surface area contributed by atoms with E-state index >= 15 is 0 Å². The van der Waals surface area contributed by atoms with E-state index in [1.807, 2.05) is 36.4 Å². The Morgan fingerprint density at radius 2 is 1.56 bits per heavy atom. The summed E-state index contributed by atoms with van der Waals surface area (Å²) >= 11 is 0. The molecule has 3 aromatic heterocycles. The normalized spacial score (nSPS) is 14.7. The number of aromatic nitrogens is 4. The summed E-state index contributed by atoms with van der Waals surface area (Å²) in [4.78, 5) is 22.7. The number of nitrogens with zero attached hydrogens (tertiary/aromatic N) is 6. The van der Waals surface area contributed by atoms with Gasteiger partial charge in [-0.2, -0.15) is 0 Å². The van der Waals surface area contributed by atoms with Crippen molar-refractivity contribution in [2.24, 2.45) is 0 Å². The second-order valence-corrected chi connectivity index (χ2v) is 6.39. The minimum absolute atomic E-state index is 0.613. The van der Waals surface area contributed by atoms with Crippen LogP contribution in [0.15, 0.2) is 65.5 Å². The third kappa shape index (κ3) is 2.97. The van der Waals surface area contributed by atoms with Crippen molar-refractivity contribution in [2.75, 3.05) is 36.0 Å². The van der Waals surface area contributed by atoms with Gasteiger partial charge in [0.2, 0.25) is 5.95 Å². The molecule has 0 N–H and O–H groups in total. The van der Waals surface area contributed by atoms with E-state index in [1.165, 1.54) is 0 Å². The van der Waals surface area contributed by atoms with Crippen LogP contribution in [0.3, 0.4) is 0 Å². The zero-order valence-electron chi connectivity index (χ0n) is 14.7. The van der Waals surface area contributed by atoms with E-state index in [1.54, 1.807) is 18.7 Å². The number of benzene rings is 1. The van der Waals surface area contributed by atoms with E-state index < -0.39 is 0 Å². The quantitative estimate of drug-likeness (QED) is 0.557. The summed E-state index contributed by atoms with van der Waals surface area (Å²) in [5.74, 6) is 3.02. The van der Waals surface area contributed by atoms with Crippen LogP contribution in [0.1, 0.15) is 0 Å². The number of hydrogen-bond acceptors (Lipinski definition) is 7. The molecule has 0 spiro atoms. The molecule has 0 amide bonds. The summed E-state index contributed by atoms with van der Waals surface area (Å²) < 4.78 is 5.52. The molecule has 1 saturated heterocycles. The molecule has 7 heteroatoms. The fraction of sp³-hybridized carbons (Fsp3) is 0.200. The molecule has 134 valence electrons. The minimum Gasteiger partial charge on any atom is -0.461 e. The average Bonchev–Trinajstić information content (AvgIpc) is 3.29. The van der Waals surface area contributed by atoms with Gasteiger partial charge in [0, 0.05) is 44.0 Å². The smallest absolute Gasteiger partial charge is 0.225 e. The second kappa shape index (κ2) is 6.68. The van der Waals surface area contributed by atoms with E-state index in [-0.39, 0.29) is 0 Å². The Bertz CT molecular complexity index is 1040. The standard InChI is InChI=1S/C20H18N6O/c1-2-6-16-15(5-1)19(24-18(23-16)17-7-3-14-27-17)25-10-12-26(13-11-25)20-21-8-4-9-22-20/h1-9,14H,10-13H2. The summed E-state index contributed by atoms with van der Waals surface area (Å²) in [5.41, 5.74) is 0.919. The van der Waals surface area contributed by atoms with Crippen molar-refractivity contribution in [3.8, 4) is 11.6 Å². The van der Waals surface area contributed by atoms with Crippen LogP contribution in [-0.4, -0.2) is 46.1 Å². The lowest BCUT2D eigenvalue weighted by molar-refractivity contribution is 0.577. The monoisotopic (exact) mass is 358 g/mol. The van der Waals surface area contributed by atoms with Crippen molar-refractivity contribution in [3.05, 3.63) is 61.1 Å². The molecule has 0 atom stereocenters. The van der Waals surface area contributed by atoms with Crippen molar-refractivity contribution < 1.29 is 4.42 Å². The summed E-state index contributed by atoms with van der Waals surface area (Å²) in [7, 11) is 0. The highest BCUT2D eigenvalue weighted by atomic mass is 16.3. The van der Waals surface area contributed by atoms with Crippen LogP contribution in [0.4, 0.5) is 11.8 Å². The molecule has 7 nitrogen and oxygen atoms in total. The van der Waals surface area contributed by atoms with Gasteiger partial charge < -0.3 is 14.2 Å². The van der Waals surface area contributed by atoms with Crippen molar-refractivity contribution in [3.63, 3.8) is 0 Å². The van der Waals surface area contributed by atoms with Gasteiger partial charge in [-0.3, -0.25) is 0 Å². The topological polar surface area (TPSA) is 71.2 Å². The van der Waals surface area contributed by atoms with Crippen LogP contribution >= 0.6 is 0 Å². The van der Waals surface area contributed by atoms with E-state index in [4.69, 9.17) is 9.40 Å². The summed E-state index contributed by atoms with van der Waals surface area (Å²) in [6, 6.07) is 13.7. The summed E-state index contributed by atoms with van der Waals surface area (Å²) in [6.45, 7) is 3.38. The van der Waals surface area contributed by atoms with E-state index in [0.29, 0.717) is 11.6 Å². The van der Waals surface area contributed by atoms with Crippen LogP contribution in [0.25, 0.3) is 22.5 Å². The molecule has 27 heavy (non-hydrogen) atoms. The SMILES string of the molecule is c1cnc(N2CCN(c3nc(-c4ccco4)nc4ccccc34)CC2)nc1. The van der Waals surface area contributed by atoms with Gasteiger partial charge in [-0.05, 0) is 30.3 Å². The first kappa shape index (κ1) is 15.7. The van der Waals surface area contributed by atoms with Crippen LogP contribution in [0.5, 0.6) is 0 Å². The van der Waals surface area contributed by atoms with Crippen molar-refractivity contribution in [2.45, 2.75) is 0 Å². The highest BCUT2D eigenvalue weighted by Crippen LogP contribution is 2.28. The highest BCUT2D eigenvalue weighted by molar-refractivity contribution is 5.91. The molecule has 0 radical (unpaired) electrons. The van der Waals surface area contributed by atoms with Gasteiger partial charge in [0.25, 0.3) is 0 Å². The fourth-order valence-corrected chi connectivity index (χ4v) is 3.39. The number of para-hydroxylation sites is 1. The van der Waals surface area contributed by atoms with Crippen molar-refractivity contribution in [1.82, 2.24) is 19.9 Å². The first-order valence-corrected chi connectivity index (χ1v) is 8.96. The third-order valence-electron chi connectivity index (χ3n) is 4.74.